The number of hydrogen-bond donors (Lipinski definition) is 1. The predicted molar refractivity (Wildman–Crippen MR) is 78.6 cm³/mol. The topological polar surface area (TPSA) is 55.6 Å². The predicted octanol–water partition coefficient (Wildman–Crippen LogP) is 2.92. The quantitative estimate of drug-likeness (QED) is 0.797. The van der Waals surface area contributed by atoms with Crippen LogP contribution in [0, 0.1) is 6.92 Å². The van der Waals surface area contributed by atoms with Crippen LogP contribution >= 0.6 is 11.5 Å². The zero-order valence-electron chi connectivity index (χ0n) is 11.1. The highest BCUT2D eigenvalue weighted by atomic mass is 32.1. The van der Waals surface area contributed by atoms with Crippen LogP contribution in [-0.2, 0) is 6.54 Å². The van der Waals surface area contributed by atoms with E-state index in [-0.39, 0.29) is 0 Å². The molecule has 0 saturated heterocycles. The van der Waals surface area contributed by atoms with Crippen LogP contribution in [0.25, 0.3) is 22.4 Å². The Morgan fingerprint density at radius 3 is 3.00 bits per heavy atom. The van der Waals surface area contributed by atoms with Crippen LogP contribution in [0.3, 0.4) is 0 Å². The van der Waals surface area contributed by atoms with Gasteiger partial charge in [0.1, 0.15) is 16.3 Å². The summed E-state index contributed by atoms with van der Waals surface area (Å²) in [7, 11) is 1.91. The van der Waals surface area contributed by atoms with Gasteiger partial charge in [0.05, 0.1) is 23.0 Å². The van der Waals surface area contributed by atoms with Crippen molar-refractivity contribution in [3.05, 3.63) is 24.2 Å². The zero-order chi connectivity index (χ0) is 13.4. The summed E-state index contributed by atoms with van der Waals surface area (Å²) < 4.78 is 6.62. The molecule has 0 aliphatic carbocycles. The maximum Gasteiger partial charge on any atom is 0.146 e. The van der Waals surface area contributed by atoms with E-state index in [1.165, 1.54) is 11.5 Å². The third-order valence-electron chi connectivity index (χ3n) is 3.18. The number of pyridine rings is 1. The average molecular weight is 273 g/mol. The van der Waals surface area contributed by atoms with Gasteiger partial charge >= 0.3 is 0 Å². The lowest BCUT2D eigenvalue weighted by Crippen LogP contribution is -1.99. The number of aryl methyl sites for hydroxylation is 2. The van der Waals surface area contributed by atoms with Crippen LogP contribution in [0.4, 0.5) is 5.00 Å². The van der Waals surface area contributed by atoms with Gasteiger partial charge in [-0.2, -0.15) is 4.37 Å². The number of nitrogens with zero attached hydrogens (tertiary/aromatic N) is 4. The van der Waals surface area contributed by atoms with E-state index in [0.29, 0.717) is 0 Å². The van der Waals surface area contributed by atoms with Crippen molar-refractivity contribution in [3.63, 3.8) is 0 Å². The number of nitrogens with one attached hydrogen (secondary N) is 1. The van der Waals surface area contributed by atoms with Crippen LogP contribution in [-0.4, -0.2) is 26.0 Å². The van der Waals surface area contributed by atoms with Crippen molar-refractivity contribution in [2.24, 2.45) is 0 Å². The van der Waals surface area contributed by atoms with Crippen molar-refractivity contribution in [1.82, 2.24) is 18.9 Å². The molecule has 6 heteroatoms. The van der Waals surface area contributed by atoms with Gasteiger partial charge < -0.3 is 9.88 Å². The maximum absolute atomic E-state index is 4.72. The summed E-state index contributed by atoms with van der Waals surface area (Å²) in [5.74, 6) is 0.959. The lowest BCUT2D eigenvalue weighted by Gasteiger charge is -2.07. The average Bonchev–Trinajstić information content (AvgIpc) is 2.97. The fourth-order valence-electron chi connectivity index (χ4n) is 2.30. The van der Waals surface area contributed by atoms with Crippen molar-refractivity contribution in [1.29, 1.82) is 0 Å². The van der Waals surface area contributed by atoms with E-state index in [1.807, 2.05) is 20.0 Å². The Kier molecular flexibility index (Phi) is 2.94. The van der Waals surface area contributed by atoms with Crippen LogP contribution in [0.1, 0.15) is 12.6 Å². The van der Waals surface area contributed by atoms with Gasteiger partial charge in [-0.15, -0.1) is 0 Å². The molecule has 1 N–H and O–H groups in total. The first kappa shape index (κ1) is 12.1. The van der Waals surface area contributed by atoms with Gasteiger partial charge in [-0.05, 0) is 31.4 Å². The Balaban J connectivity index is 2.33. The molecule has 0 fully saturated rings. The first-order chi connectivity index (χ1) is 9.26. The van der Waals surface area contributed by atoms with Crippen molar-refractivity contribution < 1.29 is 0 Å². The van der Waals surface area contributed by atoms with E-state index in [9.17, 15) is 0 Å². The lowest BCUT2D eigenvalue weighted by atomic mass is 10.2. The molecule has 0 aliphatic heterocycles. The minimum absolute atomic E-state index is 0.869. The van der Waals surface area contributed by atoms with Gasteiger partial charge in [-0.1, -0.05) is 0 Å². The molecule has 3 heterocycles. The number of anilines is 1. The summed E-state index contributed by atoms with van der Waals surface area (Å²) in [5.41, 5.74) is 4.13. The van der Waals surface area contributed by atoms with E-state index in [0.717, 1.165) is 39.7 Å². The number of imidazole rings is 1. The largest absolute Gasteiger partial charge is 0.378 e. The molecule has 3 aromatic rings. The minimum Gasteiger partial charge on any atom is -0.378 e. The zero-order valence-corrected chi connectivity index (χ0v) is 12.0. The summed E-state index contributed by atoms with van der Waals surface area (Å²) >= 11 is 1.47. The van der Waals surface area contributed by atoms with Gasteiger partial charge in [0.2, 0.25) is 0 Å². The molecular formula is C13H15N5S. The van der Waals surface area contributed by atoms with Gasteiger partial charge in [0, 0.05) is 19.8 Å². The van der Waals surface area contributed by atoms with Crippen molar-refractivity contribution in [3.8, 4) is 11.4 Å². The standard InChI is InChI=1S/C13H15N5S/c1-4-18-10-5-6-15-7-9(10)16-12(18)11-8(2)17-19-13(11)14-3/h5-7,14H,4H2,1-3H3. The van der Waals surface area contributed by atoms with Gasteiger partial charge in [0.15, 0.2) is 0 Å². The summed E-state index contributed by atoms with van der Waals surface area (Å²) in [6.45, 7) is 5.01. The Hall–Kier alpha value is -1.95. The van der Waals surface area contributed by atoms with Crippen LogP contribution < -0.4 is 5.32 Å². The van der Waals surface area contributed by atoms with E-state index < -0.39 is 0 Å². The second-order valence-electron chi connectivity index (χ2n) is 4.27. The van der Waals surface area contributed by atoms with E-state index in [2.05, 4.69) is 26.2 Å². The van der Waals surface area contributed by atoms with Crippen LogP contribution in [0.2, 0.25) is 0 Å². The molecule has 0 unspecified atom stereocenters. The smallest absolute Gasteiger partial charge is 0.146 e. The monoisotopic (exact) mass is 273 g/mol. The minimum atomic E-state index is 0.869. The summed E-state index contributed by atoms with van der Waals surface area (Å²) in [5, 5.41) is 4.25. The highest BCUT2D eigenvalue weighted by Crippen LogP contribution is 2.35. The van der Waals surface area contributed by atoms with E-state index in [1.54, 1.807) is 12.4 Å². The number of hydrogen-bond acceptors (Lipinski definition) is 5. The van der Waals surface area contributed by atoms with Crippen molar-refractivity contribution >= 4 is 27.6 Å². The molecule has 5 nitrogen and oxygen atoms in total. The van der Waals surface area contributed by atoms with Gasteiger partial charge in [-0.3, -0.25) is 4.98 Å². The van der Waals surface area contributed by atoms with Gasteiger partial charge in [-0.25, -0.2) is 4.98 Å². The molecule has 19 heavy (non-hydrogen) atoms. The van der Waals surface area contributed by atoms with Crippen LogP contribution in [0.15, 0.2) is 18.5 Å². The Labute approximate surface area is 115 Å². The lowest BCUT2D eigenvalue weighted by molar-refractivity contribution is 0.796. The molecule has 0 spiro atoms. The molecule has 0 radical (unpaired) electrons. The normalized spacial score (nSPS) is 11.1. The molecule has 3 aromatic heterocycles. The van der Waals surface area contributed by atoms with Crippen molar-refractivity contribution in [2.75, 3.05) is 12.4 Å². The molecule has 98 valence electrons. The molecule has 0 bridgehead atoms. The highest BCUT2D eigenvalue weighted by molar-refractivity contribution is 7.10. The van der Waals surface area contributed by atoms with Crippen molar-refractivity contribution in [2.45, 2.75) is 20.4 Å². The Morgan fingerprint density at radius 2 is 2.26 bits per heavy atom. The first-order valence-electron chi connectivity index (χ1n) is 6.21. The number of rotatable bonds is 3. The molecule has 0 aliphatic rings. The van der Waals surface area contributed by atoms with Crippen LogP contribution in [0.5, 0.6) is 0 Å². The number of aromatic nitrogens is 4. The second-order valence-corrected chi connectivity index (χ2v) is 5.04. The summed E-state index contributed by atoms with van der Waals surface area (Å²) in [6.07, 6.45) is 3.61. The fourth-order valence-corrected chi connectivity index (χ4v) is 3.04. The Morgan fingerprint density at radius 1 is 1.42 bits per heavy atom. The molecular weight excluding hydrogens is 258 g/mol. The highest BCUT2D eigenvalue weighted by Gasteiger charge is 2.19. The molecule has 3 rings (SSSR count). The third-order valence-corrected chi connectivity index (χ3v) is 4.14. The van der Waals surface area contributed by atoms with Gasteiger partial charge in [0.25, 0.3) is 0 Å². The first-order valence-corrected chi connectivity index (χ1v) is 6.98. The Bertz CT molecular complexity index is 728. The third kappa shape index (κ3) is 1.79. The van der Waals surface area contributed by atoms with E-state index in [4.69, 9.17) is 4.98 Å². The molecule has 0 aromatic carbocycles. The van der Waals surface area contributed by atoms with E-state index >= 15 is 0 Å². The molecule has 0 amide bonds. The molecule has 0 saturated carbocycles. The SMILES string of the molecule is CCn1c(-c2c(C)nsc2NC)nc2cnccc21. The summed E-state index contributed by atoms with van der Waals surface area (Å²) in [4.78, 5) is 8.87. The number of fused-ring (bicyclic) bond motifs is 1. The summed E-state index contributed by atoms with van der Waals surface area (Å²) in [6, 6.07) is 2.00. The fraction of sp³-hybridized carbons (Fsp3) is 0.308. The second kappa shape index (κ2) is 4.62. The maximum atomic E-state index is 4.72. The molecule has 0 atom stereocenters.